The number of nitrogens with zero attached hydrogens (tertiary/aromatic N) is 1. The first-order valence-electron chi connectivity index (χ1n) is 8.28. The van der Waals surface area contributed by atoms with Crippen LogP contribution in [0.4, 0.5) is 5.69 Å². The summed E-state index contributed by atoms with van der Waals surface area (Å²) in [5.41, 5.74) is 0.837. The molecule has 2 aromatic carbocycles. The van der Waals surface area contributed by atoms with Crippen LogP contribution >= 0.6 is 27.7 Å². The van der Waals surface area contributed by atoms with E-state index in [1.165, 1.54) is 0 Å². The molecule has 2 aromatic rings. The second-order valence-electron chi connectivity index (χ2n) is 5.68. The number of halogens is 1. The number of hydrogen-bond acceptors (Lipinski definition) is 4. The van der Waals surface area contributed by atoms with E-state index in [2.05, 4.69) is 27.8 Å². The zero-order valence-corrected chi connectivity index (χ0v) is 17.2. The predicted octanol–water partition coefficient (Wildman–Crippen LogP) is 4.68. The number of hydrogen-bond donors (Lipinski definition) is 1. The summed E-state index contributed by atoms with van der Waals surface area (Å²) in [5, 5.41) is 2.98. The summed E-state index contributed by atoms with van der Waals surface area (Å²) in [5.74, 6) is 1.59. The Hall–Kier alpha value is -1.76. The summed E-state index contributed by atoms with van der Waals surface area (Å²) in [6.07, 6.45) is 1.85. The molecule has 0 aliphatic rings. The standard InChI is InChI=1S/C20H23BrN2O2S/c1-3-14-26-19-7-5-4-6-18(19)22-20(24)15-23(2)12-13-25-17-10-8-16(21)9-11-17/h3-11H,1,12-15H2,2H3,(H,22,24). The van der Waals surface area contributed by atoms with Crippen LogP contribution in [-0.2, 0) is 4.79 Å². The Morgan fingerprint density at radius 1 is 1.27 bits per heavy atom. The summed E-state index contributed by atoms with van der Waals surface area (Å²) in [6, 6.07) is 15.5. The molecule has 0 aliphatic heterocycles. The van der Waals surface area contributed by atoms with Crippen molar-refractivity contribution in [2.75, 3.05) is 37.8 Å². The molecule has 0 unspecified atom stereocenters. The Morgan fingerprint density at radius 2 is 2.00 bits per heavy atom. The average molecular weight is 435 g/mol. The van der Waals surface area contributed by atoms with Crippen molar-refractivity contribution in [2.24, 2.45) is 0 Å². The summed E-state index contributed by atoms with van der Waals surface area (Å²) in [6.45, 7) is 5.23. The monoisotopic (exact) mass is 434 g/mol. The first-order valence-corrected chi connectivity index (χ1v) is 10.1. The molecule has 0 saturated heterocycles. The number of likely N-dealkylation sites (N-methyl/N-ethyl adjacent to an activating group) is 1. The topological polar surface area (TPSA) is 41.6 Å². The zero-order chi connectivity index (χ0) is 18.8. The van der Waals surface area contributed by atoms with Crippen LogP contribution < -0.4 is 10.1 Å². The van der Waals surface area contributed by atoms with Crippen molar-refractivity contribution in [1.29, 1.82) is 0 Å². The van der Waals surface area contributed by atoms with Gasteiger partial charge in [-0.2, -0.15) is 0 Å². The average Bonchev–Trinajstić information content (AvgIpc) is 2.62. The van der Waals surface area contributed by atoms with E-state index in [9.17, 15) is 4.79 Å². The first-order chi connectivity index (χ1) is 12.6. The van der Waals surface area contributed by atoms with Gasteiger partial charge in [-0.1, -0.05) is 34.1 Å². The molecule has 0 radical (unpaired) electrons. The van der Waals surface area contributed by atoms with E-state index < -0.39 is 0 Å². The minimum absolute atomic E-state index is 0.0391. The van der Waals surface area contributed by atoms with Crippen molar-refractivity contribution in [3.63, 3.8) is 0 Å². The zero-order valence-electron chi connectivity index (χ0n) is 14.8. The normalized spacial score (nSPS) is 10.6. The van der Waals surface area contributed by atoms with E-state index in [4.69, 9.17) is 4.74 Å². The van der Waals surface area contributed by atoms with Gasteiger partial charge in [0, 0.05) is 21.7 Å². The molecule has 2 rings (SSSR count). The van der Waals surface area contributed by atoms with Crippen molar-refractivity contribution >= 4 is 39.3 Å². The molecule has 0 bridgehead atoms. The van der Waals surface area contributed by atoms with Crippen LogP contribution in [0.3, 0.4) is 0 Å². The van der Waals surface area contributed by atoms with E-state index in [1.807, 2.05) is 66.6 Å². The highest BCUT2D eigenvalue weighted by molar-refractivity contribution is 9.10. The summed E-state index contributed by atoms with van der Waals surface area (Å²) in [7, 11) is 1.91. The third-order valence-corrected chi connectivity index (χ3v) is 5.08. The number of nitrogens with one attached hydrogen (secondary N) is 1. The van der Waals surface area contributed by atoms with Crippen LogP contribution in [0.25, 0.3) is 0 Å². The maximum atomic E-state index is 12.3. The number of anilines is 1. The van der Waals surface area contributed by atoms with Gasteiger partial charge in [0.1, 0.15) is 12.4 Å². The fourth-order valence-corrected chi connectivity index (χ4v) is 3.22. The molecule has 26 heavy (non-hydrogen) atoms. The molecule has 0 aromatic heterocycles. The molecule has 0 spiro atoms. The highest BCUT2D eigenvalue weighted by atomic mass is 79.9. The maximum Gasteiger partial charge on any atom is 0.238 e. The number of amides is 1. The van der Waals surface area contributed by atoms with Gasteiger partial charge in [0.25, 0.3) is 0 Å². The first kappa shape index (κ1) is 20.6. The lowest BCUT2D eigenvalue weighted by molar-refractivity contribution is -0.117. The van der Waals surface area contributed by atoms with Crippen LogP contribution in [0.5, 0.6) is 5.75 Å². The Morgan fingerprint density at radius 3 is 2.73 bits per heavy atom. The van der Waals surface area contributed by atoms with Gasteiger partial charge in [0.2, 0.25) is 5.91 Å². The van der Waals surface area contributed by atoms with Gasteiger partial charge in [0.15, 0.2) is 0 Å². The van der Waals surface area contributed by atoms with Crippen molar-refractivity contribution in [3.05, 3.63) is 65.7 Å². The molecular formula is C20H23BrN2O2S. The largest absolute Gasteiger partial charge is 0.492 e. The second-order valence-corrected chi connectivity index (χ2v) is 7.66. The second kappa shape index (κ2) is 11.1. The van der Waals surface area contributed by atoms with Gasteiger partial charge in [0.05, 0.1) is 12.2 Å². The fourth-order valence-electron chi connectivity index (χ4n) is 2.21. The van der Waals surface area contributed by atoms with Crippen LogP contribution in [-0.4, -0.2) is 43.3 Å². The number of thioether (sulfide) groups is 1. The van der Waals surface area contributed by atoms with Crippen LogP contribution in [0.2, 0.25) is 0 Å². The van der Waals surface area contributed by atoms with Crippen molar-refractivity contribution in [1.82, 2.24) is 4.90 Å². The third kappa shape index (κ3) is 7.23. The van der Waals surface area contributed by atoms with E-state index in [-0.39, 0.29) is 5.91 Å². The third-order valence-electron chi connectivity index (χ3n) is 3.49. The van der Waals surface area contributed by atoms with Gasteiger partial charge in [-0.15, -0.1) is 18.3 Å². The van der Waals surface area contributed by atoms with Crippen molar-refractivity contribution in [2.45, 2.75) is 4.90 Å². The Balaban J connectivity index is 1.76. The molecule has 0 saturated carbocycles. The lowest BCUT2D eigenvalue weighted by Crippen LogP contribution is -2.33. The Bertz CT molecular complexity index is 722. The van der Waals surface area contributed by atoms with Crippen LogP contribution in [0.15, 0.2) is 70.6 Å². The summed E-state index contributed by atoms with van der Waals surface area (Å²) >= 11 is 5.05. The lowest BCUT2D eigenvalue weighted by atomic mass is 10.3. The maximum absolute atomic E-state index is 12.3. The molecule has 6 heteroatoms. The van der Waals surface area contributed by atoms with Crippen molar-refractivity contribution in [3.8, 4) is 5.75 Å². The molecule has 138 valence electrons. The molecule has 0 heterocycles. The molecule has 0 aliphatic carbocycles. The minimum atomic E-state index is -0.0391. The predicted molar refractivity (Wildman–Crippen MR) is 113 cm³/mol. The molecule has 0 fully saturated rings. The van der Waals surface area contributed by atoms with Gasteiger partial charge in [-0.05, 0) is 43.4 Å². The number of benzene rings is 2. The molecule has 0 atom stereocenters. The van der Waals surface area contributed by atoms with Gasteiger partial charge < -0.3 is 10.1 Å². The number of para-hydroxylation sites is 1. The highest BCUT2D eigenvalue weighted by Crippen LogP contribution is 2.26. The SMILES string of the molecule is C=CCSc1ccccc1NC(=O)CN(C)CCOc1ccc(Br)cc1. The molecule has 1 N–H and O–H groups in total. The molecular weight excluding hydrogens is 412 g/mol. The lowest BCUT2D eigenvalue weighted by Gasteiger charge is -2.17. The molecule has 1 amide bonds. The highest BCUT2D eigenvalue weighted by Gasteiger charge is 2.09. The smallest absolute Gasteiger partial charge is 0.238 e. The van der Waals surface area contributed by atoms with Gasteiger partial charge >= 0.3 is 0 Å². The number of ether oxygens (including phenoxy) is 1. The minimum Gasteiger partial charge on any atom is -0.492 e. The number of rotatable bonds is 10. The summed E-state index contributed by atoms with van der Waals surface area (Å²) < 4.78 is 6.71. The van der Waals surface area contributed by atoms with E-state index >= 15 is 0 Å². The Kier molecular flexibility index (Phi) is 8.74. The number of carbonyl (C=O) groups excluding carboxylic acids is 1. The van der Waals surface area contributed by atoms with Crippen LogP contribution in [0, 0.1) is 0 Å². The van der Waals surface area contributed by atoms with Gasteiger partial charge in [-0.25, -0.2) is 0 Å². The Labute approximate surface area is 167 Å². The van der Waals surface area contributed by atoms with Crippen LogP contribution in [0.1, 0.15) is 0 Å². The molecule has 4 nitrogen and oxygen atoms in total. The van der Waals surface area contributed by atoms with E-state index in [1.54, 1.807) is 11.8 Å². The summed E-state index contributed by atoms with van der Waals surface area (Å²) in [4.78, 5) is 15.3. The van der Waals surface area contributed by atoms with E-state index in [0.717, 1.165) is 26.6 Å². The van der Waals surface area contributed by atoms with Crippen molar-refractivity contribution < 1.29 is 9.53 Å². The van der Waals surface area contributed by atoms with Gasteiger partial charge in [-0.3, -0.25) is 9.69 Å². The van der Waals surface area contributed by atoms with E-state index in [0.29, 0.717) is 19.7 Å². The quantitative estimate of drug-likeness (QED) is 0.435. The fraction of sp³-hybridized carbons (Fsp3) is 0.250. The number of carbonyl (C=O) groups is 1.